The van der Waals surface area contributed by atoms with E-state index in [1.165, 1.54) is 35.7 Å². The summed E-state index contributed by atoms with van der Waals surface area (Å²) in [6, 6.07) is 9.47. The first-order valence-electron chi connectivity index (χ1n) is 8.17. The summed E-state index contributed by atoms with van der Waals surface area (Å²) in [7, 11) is 2.15. The Balaban J connectivity index is 1.65. The van der Waals surface area contributed by atoms with Gasteiger partial charge >= 0.3 is 0 Å². The Morgan fingerprint density at radius 3 is 2.25 bits per heavy atom. The Labute approximate surface area is 130 Å². The summed E-state index contributed by atoms with van der Waals surface area (Å²) in [4.78, 5) is 0. The van der Waals surface area contributed by atoms with Gasteiger partial charge in [-0.3, -0.25) is 0 Å². The van der Waals surface area contributed by atoms with Crippen LogP contribution < -0.4 is 5.32 Å². The summed E-state index contributed by atoms with van der Waals surface area (Å²) in [6.07, 6.45) is 7.56. The van der Waals surface area contributed by atoms with Gasteiger partial charge in [-0.05, 0) is 86.4 Å². The van der Waals surface area contributed by atoms with Crippen molar-refractivity contribution in [1.82, 2.24) is 5.32 Å². The van der Waals surface area contributed by atoms with Crippen molar-refractivity contribution in [3.05, 3.63) is 34.3 Å². The van der Waals surface area contributed by atoms with E-state index in [9.17, 15) is 0 Å². The van der Waals surface area contributed by atoms with E-state index >= 15 is 0 Å². The van der Waals surface area contributed by atoms with Crippen molar-refractivity contribution in [2.75, 3.05) is 7.05 Å². The Morgan fingerprint density at radius 1 is 1.05 bits per heavy atom. The lowest BCUT2D eigenvalue weighted by atomic mass is 9.50. The predicted octanol–water partition coefficient (Wildman–Crippen LogP) is 4.78. The van der Waals surface area contributed by atoms with Crippen LogP contribution in [0.2, 0.25) is 0 Å². The molecule has 1 aromatic rings. The third-order valence-electron chi connectivity index (χ3n) is 6.20. The SMILES string of the molecule is CNC(c1cccc(Br)c1)C1C2CC3CC(C2)CC1C3. The molecule has 1 nitrogen and oxygen atoms in total. The molecule has 0 spiro atoms. The second-order valence-corrected chi connectivity index (χ2v) is 8.25. The van der Waals surface area contributed by atoms with E-state index < -0.39 is 0 Å². The zero-order chi connectivity index (χ0) is 13.7. The van der Waals surface area contributed by atoms with Gasteiger partial charge in [-0.15, -0.1) is 0 Å². The summed E-state index contributed by atoms with van der Waals surface area (Å²) >= 11 is 3.63. The van der Waals surface area contributed by atoms with Crippen LogP contribution >= 0.6 is 15.9 Å². The Morgan fingerprint density at radius 2 is 1.70 bits per heavy atom. The molecular weight excluding hydrogens is 310 g/mol. The van der Waals surface area contributed by atoms with Crippen molar-refractivity contribution < 1.29 is 0 Å². The molecule has 1 aromatic carbocycles. The lowest BCUT2D eigenvalue weighted by Gasteiger charge is -2.56. The zero-order valence-electron chi connectivity index (χ0n) is 12.2. The highest BCUT2D eigenvalue weighted by molar-refractivity contribution is 9.10. The molecule has 0 saturated heterocycles. The van der Waals surface area contributed by atoms with Gasteiger partial charge in [0.05, 0.1) is 0 Å². The summed E-state index contributed by atoms with van der Waals surface area (Å²) in [5.41, 5.74) is 1.47. The van der Waals surface area contributed by atoms with E-state index in [1.807, 2.05) is 0 Å². The second-order valence-electron chi connectivity index (χ2n) is 7.33. The van der Waals surface area contributed by atoms with Crippen molar-refractivity contribution >= 4 is 15.9 Å². The number of hydrogen-bond acceptors (Lipinski definition) is 1. The monoisotopic (exact) mass is 333 g/mol. The van der Waals surface area contributed by atoms with Crippen LogP contribution in [0.25, 0.3) is 0 Å². The molecule has 0 aliphatic heterocycles. The van der Waals surface area contributed by atoms with Gasteiger partial charge in [-0.2, -0.15) is 0 Å². The van der Waals surface area contributed by atoms with Crippen LogP contribution in [0.4, 0.5) is 0 Å². The molecule has 4 saturated carbocycles. The summed E-state index contributed by atoms with van der Waals surface area (Å²) in [5, 5.41) is 3.65. The van der Waals surface area contributed by atoms with E-state index in [0.29, 0.717) is 6.04 Å². The van der Waals surface area contributed by atoms with E-state index in [-0.39, 0.29) is 0 Å². The van der Waals surface area contributed by atoms with Crippen LogP contribution in [0, 0.1) is 29.6 Å². The van der Waals surface area contributed by atoms with Crippen LogP contribution in [-0.2, 0) is 0 Å². The van der Waals surface area contributed by atoms with E-state index in [1.54, 1.807) is 6.42 Å². The maximum atomic E-state index is 3.65. The average Bonchev–Trinajstić information content (AvgIpc) is 2.42. The number of hydrogen-bond donors (Lipinski definition) is 1. The lowest BCUT2D eigenvalue weighted by molar-refractivity contribution is -0.0515. The lowest BCUT2D eigenvalue weighted by Crippen LogP contribution is -2.49. The molecule has 0 aromatic heterocycles. The first-order valence-corrected chi connectivity index (χ1v) is 8.96. The maximum Gasteiger partial charge on any atom is 0.0351 e. The highest BCUT2D eigenvalue weighted by atomic mass is 79.9. The third kappa shape index (κ3) is 2.16. The van der Waals surface area contributed by atoms with Gasteiger partial charge in [0.2, 0.25) is 0 Å². The highest BCUT2D eigenvalue weighted by Crippen LogP contribution is 2.59. The van der Waals surface area contributed by atoms with Gasteiger partial charge in [0.1, 0.15) is 0 Å². The summed E-state index contributed by atoms with van der Waals surface area (Å²) in [5.74, 6) is 4.94. The molecule has 2 heteroatoms. The quantitative estimate of drug-likeness (QED) is 0.839. The van der Waals surface area contributed by atoms with Crippen LogP contribution in [0.3, 0.4) is 0 Å². The van der Waals surface area contributed by atoms with Gasteiger partial charge in [-0.1, -0.05) is 28.1 Å². The fraction of sp³-hybridized carbons (Fsp3) is 0.667. The highest BCUT2D eigenvalue weighted by Gasteiger charge is 2.50. The zero-order valence-corrected chi connectivity index (χ0v) is 13.8. The second kappa shape index (κ2) is 5.14. The minimum Gasteiger partial charge on any atom is -0.313 e. The molecule has 5 rings (SSSR count). The van der Waals surface area contributed by atoms with Crippen molar-refractivity contribution in [3.8, 4) is 0 Å². The minimum absolute atomic E-state index is 0.544. The average molecular weight is 334 g/mol. The minimum atomic E-state index is 0.544. The number of rotatable bonds is 3. The number of nitrogens with one attached hydrogen (secondary N) is 1. The van der Waals surface area contributed by atoms with Crippen LogP contribution in [-0.4, -0.2) is 7.05 Å². The molecule has 4 bridgehead atoms. The molecule has 4 fully saturated rings. The normalized spacial score (nSPS) is 40.0. The molecule has 108 valence electrons. The molecule has 0 heterocycles. The van der Waals surface area contributed by atoms with Gasteiger partial charge in [0.25, 0.3) is 0 Å². The molecule has 4 aliphatic rings. The molecule has 0 radical (unpaired) electrons. The van der Waals surface area contributed by atoms with Crippen LogP contribution in [0.1, 0.15) is 43.7 Å². The van der Waals surface area contributed by atoms with Gasteiger partial charge < -0.3 is 5.32 Å². The number of halogens is 1. The van der Waals surface area contributed by atoms with Crippen molar-refractivity contribution in [2.24, 2.45) is 29.6 Å². The standard InChI is InChI=1S/C18H24BrN/c1-20-18(13-3-2-4-16(19)10-13)17-14-6-11-5-12(8-14)9-15(17)7-11/h2-4,10-12,14-15,17-18,20H,5-9H2,1H3. The molecule has 20 heavy (non-hydrogen) atoms. The Bertz CT molecular complexity index is 470. The fourth-order valence-corrected chi connectivity index (χ4v) is 6.21. The van der Waals surface area contributed by atoms with Gasteiger partial charge in [0.15, 0.2) is 0 Å². The van der Waals surface area contributed by atoms with E-state index in [0.717, 1.165) is 29.6 Å². The smallest absolute Gasteiger partial charge is 0.0351 e. The Hall–Kier alpha value is -0.340. The molecule has 0 amide bonds. The van der Waals surface area contributed by atoms with Crippen LogP contribution in [0.15, 0.2) is 28.7 Å². The third-order valence-corrected chi connectivity index (χ3v) is 6.70. The summed E-state index contributed by atoms with van der Waals surface area (Å²) < 4.78 is 1.21. The summed E-state index contributed by atoms with van der Waals surface area (Å²) in [6.45, 7) is 0. The van der Waals surface area contributed by atoms with Gasteiger partial charge in [0, 0.05) is 10.5 Å². The van der Waals surface area contributed by atoms with Crippen LogP contribution in [0.5, 0.6) is 0 Å². The Kier molecular flexibility index (Phi) is 3.42. The molecule has 1 unspecified atom stereocenters. The molecule has 1 N–H and O–H groups in total. The van der Waals surface area contributed by atoms with Crippen molar-refractivity contribution in [1.29, 1.82) is 0 Å². The molecule has 1 atom stereocenters. The van der Waals surface area contributed by atoms with E-state index in [2.05, 4.69) is 52.6 Å². The van der Waals surface area contributed by atoms with E-state index in [4.69, 9.17) is 0 Å². The first-order chi connectivity index (χ1) is 9.74. The largest absolute Gasteiger partial charge is 0.313 e. The number of benzene rings is 1. The first kappa shape index (κ1) is 13.3. The van der Waals surface area contributed by atoms with Gasteiger partial charge in [-0.25, -0.2) is 0 Å². The van der Waals surface area contributed by atoms with Crippen molar-refractivity contribution in [3.63, 3.8) is 0 Å². The van der Waals surface area contributed by atoms with Crippen molar-refractivity contribution in [2.45, 2.75) is 38.1 Å². The molecule has 4 aliphatic carbocycles. The fourth-order valence-electron chi connectivity index (χ4n) is 5.79. The molecular formula is C18H24BrN. The maximum absolute atomic E-state index is 3.65. The predicted molar refractivity (Wildman–Crippen MR) is 86.5 cm³/mol. The topological polar surface area (TPSA) is 12.0 Å².